The lowest BCUT2D eigenvalue weighted by Crippen LogP contribution is -2.48. The zero-order valence-corrected chi connectivity index (χ0v) is 19.7. The highest BCUT2D eigenvalue weighted by Crippen LogP contribution is 2.32. The van der Waals surface area contributed by atoms with Crippen molar-refractivity contribution in [3.63, 3.8) is 0 Å². The lowest BCUT2D eigenvalue weighted by molar-refractivity contribution is -0.137. The van der Waals surface area contributed by atoms with E-state index in [2.05, 4.69) is 4.90 Å². The van der Waals surface area contributed by atoms with Gasteiger partial charge in [-0.05, 0) is 54.8 Å². The fourth-order valence-corrected chi connectivity index (χ4v) is 5.99. The predicted octanol–water partition coefficient (Wildman–Crippen LogP) is 2.99. The number of rotatable bonds is 7. The number of nitrogens with zero attached hydrogens (tertiary/aromatic N) is 3. The molecule has 1 amide bonds. The first-order chi connectivity index (χ1) is 15.8. The van der Waals surface area contributed by atoms with Crippen LogP contribution in [0, 0.1) is 0 Å². The van der Waals surface area contributed by atoms with E-state index in [1.807, 2.05) is 24.3 Å². The molecule has 4 rings (SSSR count). The Morgan fingerprint density at radius 1 is 0.970 bits per heavy atom. The quantitative estimate of drug-likeness (QED) is 0.639. The number of piperazine rings is 1. The second-order valence-corrected chi connectivity index (χ2v) is 10.6. The Kier molecular flexibility index (Phi) is 6.92. The topological polar surface area (TPSA) is 98.2 Å². The number of carbonyl (C=O) groups excluding carboxylic acids is 1. The van der Waals surface area contributed by atoms with E-state index in [9.17, 15) is 18.0 Å². The third-order valence-corrected chi connectivity index (χ3v) is 8.21. The Morgan fingerprint density at radius 2 is 1.73 bits per heavy atom. The number of amides is 1. The molecular weight excluding hydrogens is 466 g/mol. The van der Waals surface area contributed by atoms with E-state index >= 15 is 0 Å². The molecular formula is C23H26ClN3O5S. The summed E-state index contributed by atoms with van der Waals surface area (Å²) < 4.78 is 28.0. The van der Waals surface area contributed by atoms with Crippen LogP contribution in [0.3, 0.4) is 0 Å². The zero-order chi connectivity index (χ0) is 23.6. The number of benzene rings is 2. The lowest BCUT2D eigenvalue weighted by Gasteiger charge is -2.35. The minimum absolute atomic E-state index is 0.0474. The van der Waals surface area contributed by atoms with Gasteiger partial charge in [0.05, 0.1) is 4.90 Å². The van der Waals surface area contributed by atoms with Gasteiger partial charge < -0.3 is 14.9 Å². The largest absolute Gasteiger partial charge is 0.481 e. The molecule has 1 N–H and O–H groups in total. The van der Waals surface area contributed by atoms with Crippen molar-refractivity contribution in [2.45, 2.75) is 30.6 Å². The minimum Gasteiger partial charge on any atom is -0.481 e. The monoisotopic (exact) mass is 491 g/mol. The summed E-state index contributed by atoms with van der Waals surface area (Å²) in [6, 6.07) is 12.4. The van der Waals surface area contributed by atoms with E-state index in [0.29, 0.717) is 49.9 Å². The summed E-state index contributed by atoms with van der Waals surface area (Å²) in [5, 5.41) is 9.40. The van der Waals surface area contributed by atoms with Crippen LogP contribution < -0.4 is 9.80 Å². The van der Waals surface area contributed by atoms with Crippen LogP contribution in [0.25, 0.3) is 0 Å². The average Bonchev–Trinajstić information content (AvgIpc) is 3.22. The summed E-state index contributed by atoms with van der Waals surface area (Å²) in [5.74, 6) is -1.06. The Balaban J connectivity index is 1.42. The van der Waals surface area contributed by atoms with E-state index in [0.717, 1.165) is 11.3 Å². The van der Waals surface area contributed by atoms with Crippen LogP contribution in [0.15, 0.2) is 47.4 Å². The molecule has 0 spiro atoms. The van der Waals surface area contributed by atoms with Gasteiger partial charge in [0.2, 0.25) is 15.9 Å². The van der Waals surface area contributed by atoms with Gasteiger partial charge in [-0.25, -0.2) is 8.42 Å². The SMILES string of the molecule is O=C(O)CCCC(=O)N1CCc2cc(S(=O)(=O)N3CCN(c4cccc(Cl)c4)CC3)ccc21. The van der Waals surface area contributed by atoms with Crippen molar-refractivity contribution in [2.75, 3.05) is 42.5 Å². The number of hydrogen-bond donors (Lipinski definition) is 1. The molecule has 2 aliphatic heterocycles. The van der Waals surface area contributed by atoms with E-state index in [1.165, 1.54) is 4.31 Å². The van der Waals surface area contributed by atoms with Crippen LogP contribution in [-0.2, 0) is 26.0 Å². The van der Waals surface area contributed by atoms with E-state index in [1.54, 1.807) is 23.1 Å². The summed E-state index contributed by atoms with van der Waals surface area (Å²) >= 11 is 6.08. The summed E-state index contributed by atoms with van der Waals surface area (Å²) in [6.45, 7) is 2.37. The maximum absolute atomic E-state index is 13.3. The van der Waals surface area contributed by atoms with Crippen molar-refractivity contribution < 1.29 is 23.1 Å². The fraction of sp³-hybridized carbons (Fsp3) is 0.391. The maximum atomic E-state index is 13.3. The second kappa shape index (κ2) is 9.70. The van der Waals surface area contributed by atoms with Crippen LogP contribution in [0.4, 0.5) is 11.4 Å². The number of carbonyl (C=O) groups is 2. The van der Waals surface area contributed by atoms with Crippen LogP contribution >= 0.6 is 11.6 Å². The molecule has 176 valence electrons. The van der Waals surface area contributed by atoms with Gasteiger partial charge in [0, 0.05) is 62.0 Å². The number of hydrogen-bond acceptors (Lipinski definition) is 5. The highest BCUT2D eigenvalue weighted by Gasteiger charge is 2.31. The summed E-state index contributed by atoms with van der Waals surface area (Å²) in [5.41, 5.74) is 2.51. The van der Waals surface area contributed by atoms with Crippen molar-refractivity contribution in [3.8, 4) is 0 Å². The molecule has 33 heavy (non-hydrogen) atoms. The maximum Gasteiger partial charge on any atom is 0.303 e. The highest BCUT2D eigenvalue weighted by molar-refractivity contribution is 7.89. The van der Waals surface area contributed by atoms with E-state index in [-0.39, 0.29) is 30.1 Å². The highest BCUT2D eigenvalue weighted by atomic mass is 35.5. The molecule has 2 aromatic rings. The molecule has 2 heterocycles. The lowest BCUT2D eigenvalue weighted by atomic mass is 10.1. The van der Waals surface area contributed by atoms with Crippen molar-refractivity contribution in [1.82, 2.24) is 4.31 Å². The molecule has 2 aliphatic rings. The number of halogens is 1. The third-order valence-electron chi connectivity index (χ3n) is 6.08. The number of carboxylic acid groups (broad SMARTS) is 1. The normalized spacial score (nSPS) is 16.6. The van der Waals surface area contributed by atoms with E-state index in [4.69, 9.17) is 16.7 Å². The van der Waals surface area contributed by atoms with Gasteiger partial charge >= 0.3 is 5.97 Å². The molecule has 0 aliphatic carbocycles. The molecule has 10 heteroatoms. The van der Waals surface area contributed by atoms with Crippen LogP contribution in [0.2, 0.25) is 5.02 Å². The Hall–Kier alpha value is -2.62. The number of sulfonamides is 1. The Labute approximate surface area is 198 Å². The van der Waals surface area contributed by atoms with Crippen LogP contribution in [0.1, 0.15) is 24.8 Å². The molecule has 0 unspecified atom stereocenters. The summed E-state index contributed by atoms with van der Waals surface area (Å²) in [4.78, 5) is 27.1. The smallest absolute Gasteiger partial charge is 0.303 e. The minimum atomic E-state index is -3.65. The van der Waals surface area contributed by atoms with E-state index < -0.39 is 16.0 Å². The van der Waals surface area contributed by atoms with Crippen molar-refractivity contribution in [2.24, 2.45) is 0 Å². The van der Waals surface area contributed by atoms with Crippen molar-refractivity contribution >= 4 is 44.9 Å². The molecule has 1 saturated heterocycles. The van der Waals surface area contributed by atoms with Crippen LogP contribution in [0.5, 0.6) is 0 Å². The average molecular weight is 492 g/mol. The molecule has 0 saturated carbocycles. The van der Waals surface area contributed by atoms with Gasteiger partial charge in [0.1, 0.15) is 0 Å². The number of fused-ring (bicyclic) bond motifs is 1. The van der Waals surface area contributed by atoms with Crippen LogP contribution in [-0.4, -0.2) is 62.4 Å². The molecule has 8 nitrogen and oxygen atoms in total. The Morgan fingerprint density at radius 3 is 2.42 bits per heavy atom. The van der Waals surface area contributed by atoms with Gasteiger partial charge in [-0.3, -0.25) is 9.59 Å². The predicted molar refractivity (Wildman–Crippen MR) is 126 cm³/mol. The molecule has 0 atom stereocenters. The molecule has 0 aromatic heterocycles. The van der Waals surface area contributed by atoms with Gasteiger partial charge in [0.15, 0.2) is 0 Å². The van der Waals surface area contributed by atoms with Crippen molar-refractivity contribution in [1.29, 1.82) is 0 Å². The molecule has 0 bridgehead atoms. The molecule has 0 radical (unpaired) electrons. The number of aliphatic carboxylic acids is 1. The van der Waals surface area contributed by atoms with Gasteiger partial charge in [-0.2, -0.15) is 4.31 Å². The summed E-state index contributed by atoms with van der Waals surface area (Å²) in [6.07, 6.45) is 0.969. The van der Waals surface area contributed by atoms with Crippen molar-refractivity contribution in [3.05, 3.63) is 53.1 Å². The van der Waals surface area contributed by atoms with Gasteiger partial charge in [0.25, 0.3) is 0 Å². The fourth-order valence-electron chi connectivity index (χ4n) is 4.33. The molecule has 2 aromatic carbocycles. The summed E-state index contributed by atoms with van der Waals surface area (Å²) in [7, 11) is -3.65. The van der Waals surface area contributed by atoms with Gasteiger partial charge in [-0.15, -0.1) is 0 Å². The first-order valence-electron chi connectivity index (χ1n) is 10.9. The Bertz CT molecular complexity index is 1160. The first kappa shape index (κ1) is 23.5. The standard InChI is InChI=1S/C23H26ClN3O5S/c24-18-3-1-4-19(16-18)25-11-13-26(14-12-25)33(31,32)20-7-8-21-17(15-20)9-10-27(21)22(28)5-2-6-23(29)30/h1,3-4,7-8,15-16H,2,5-6,9-14H2,(H,29,30). The zero-order valence-electron chi connectivity index (χ0n) is 18.1. The molecule has 1 fully saturated rings. The number of anilines is 2. The third kappa shape index (κ3) is 5.15. The van der Waals surface area contributed by atoms with Gasteiger partial charge in [-0.1, -0.05) is 17.7 Å². The first-order valence-corrected chi connectivity index (χ1v) is 12.7. The second-order valence-electron chi connectivity index (χ2n) is 8.20. The number of carboxylic acids is 1.